The smallest absolute Gasteiger partial charge is 0.319 e. The highest BCUT2D eigenvalue weighted by Crippen LogP contribution is 2.33. The van der Waals surface area contributed by atoms with Crippen molar-refractivity contribution in [2.45, 2.75) is 13.3 Å². The lowest BCUT2D eigenvalue weighted by atomic mass is 10.1. The third-order valence-corrected chi connectivity index (χ3v) is 7.12. The maximum Gasteiger partial charge on any atom is 0.319 e. The van der Waals surface area contributed by atoms with Gasteiger partial charge in [-0.15, -0.1) is 0 Å². The third-order valence-electron chi connectivity index (χ3n) is 6.08. The minimum Gasteiger partial charge on any atom is -0.378 e. The number of fused-ring (bicyclic) bond motifs is 3. The van der Waals surface area contributed by atoms with Gasteiger partial charge in [0.25, 0.3) is 0 Å². The van der Waals surface area contributed by atoms with Crippen molar-refractivity contribution in [1.29, 1.82) is 0 Å². The first-order valence-electron chi connectivity index (χ1n) is 11.9. The zero-order valence-corrected chi connectivity index (χ0v) is 21.0. The second-order valence-electron chi connectivity index (χ2n) is 8.70. The Labute approximate surface area is 209 Å². The van der Waals surface area contributed by atoms with Crippen LogP contribution in [-0.2, 0) is 14.8 Å². The SMILES string of the molecule is CCCNC(=O)Nc1ccc(-c2nc(N3CCOCC3)c3ccc4c(ccn4S(C)(=O)=O)c3n2)cc1. The fourth-order valence-electron chi connectivity index (χ4n) is 4.32. The lowest BCUT2D eigenvalue weighted by Crippen LogP contribution is -2.37. The molecule has 0 unspecified atom stereocenters. The molecule has 0 aliphatic carbocycles. The summed E-state index contributed by atoms with van der Waals surface area (Å²) in [5.41, 5.74) is 2.70. The van der Waals surface area contributed by atoms with Crippen molar-refractivity contribution in [1.82, 2.24) is 19.3 Å². The molecule has 1 aliphatic rings. The summed E-state index contributed by atoms with van der Waals surface area (Å²) in [7, 11) is -3.46. The molecule has 0 saturated carbocycles. The van der Waals surface area contributed by atoms with E-state index < -0.39 is 10.0 Å². The topological polar surface area (TPSA) is 118 Å². The van der Waals surface area contributed by atoms with Crippen LogP contribution in [0.25, 0.3) is 33.2 Å². The second-order valence-corrected chi connectivity index (χ2v) is 10.6. The van der Waals surface area contributed by atoms with E-state index in [2.05, 4.69) is 15.5 Å². The Kier molecular flexibility index (Phi) is 6.50. The van der Waals surface area contributed by atoms with Crippen LogP contribution in [-0.4, -0.2) is 67.5 Å². The molecule has 1 saturated heterocycles. The molecule has 2 amide bonds. The molecule has 0 bridgehead atoms. The van der Waals surface area contributed by atoms with Gasteiger partial charge in [-0.25, -0.2) is 27.2 Å². The Balaban J connectivity index is 1.61. The van der Waals surface area contributed by atoms with Gasteiger partial charge in [0.05, 0.1) is 30.5 Å². The molecule has 188 valence electrons. The van der Waals surface area contributed by atoms with Crippen molar-refractivity contribution >= 4 is 49.4 Å². The molecule has 0 spiro atoms. The van der Waals surface area contributed by atoms with Crippen LogP contribution in [0.3, 0.4) is 0 Å². The number of rotatable bonds is 6. The zero-order valence-electron chi connectivity index (χ0n) is 20.2. The van der Waals surface area contributed by atoms with Crippen LogP contribution in [0.2, 0.25) is 0 Å². The summed E-state index contributed by atoms with van der Waals surface area (Å²) in [5, 5.41) is 7.19. The molecule has 10 nitrogen and oxygen atoms in total. The molecular weight excluding hydrogens is 480 g/mol. The first-order chi connectivity index (χ1) is 17.3. The van der Waals surface area contributed by atoms with Crippen LogP contribution < -0.4 is 15.5 Å². The quantitative estimate of drug-likeness (QED) is 0.410. The largest absolute Gasteiger partial charge is 0.378 e. The zero-order chi connectivity index (χ0) is 25.3. The molecule has 2 N–H and O–H groups in total. The summed E-state index contributed by atoms with van der Waals surface area (Å²) in [5.74, 6) is 1.30. The predicted octanol–water partition coefficient (Wildman–Crippen LogP) is 3.43. The van der Waals surface area contributed by atoms with E-state index in [1.165, 1.54) is 10.2 Å². The average molecular weight is 509 g/mol. The number of morpholine rings is 1. The summed E-state index contributed by atoms with van der Waals surface area (Å²) < 4.78 is 31.4. The standard InChI is InChI=1S/C25H28N6O4S/c1-3-11-26-25(32)27-18-6-4-17(5-7-18)23-28-22-19-10-12-31(36(2,33)34)21(19)9-8-20(22)24(29-23)30-13-15-35-16-14-30/h4-10,12H,3,11,13-16H2,1-2H3,(H2,26,27,32). The molecule has 3 heterocycles. The second kappa shape index (κ2) is 9.75. The number of nitrogens with zero attached hydrogens (tertiary/aromatic N) is 4. The Morgan fingerprint density at radius 1 is 1.03 bits per heavy atom. The van der Waals surface area contributed by atoms with Crippen LogP contribution >= 0.6 is 0 Å². The van der Waals surface area contributed by atoms with Gasteiger partial charge in [-0.2, -0.15) is 0 Å². The fourth-order valence-corrected chi connectivity index (χ4v) is 5.12. The third kappa shape index (κ3) is 4.71. The molecular formula is C25H28N6O4S. The van der Waals surface area contributed by atoms with Crippen molar-refractivity contribution < 1.29 is 17.9 Å². The maximum atomic E-state index is 12.3. The maximum absolute atomic E-state index is 12.3. The summed E-state index contributed by atoms with van der Waals surface area (Å²) >= 11 is 0. The lowest BCUT2D eigenvalue weighted by molar-refractivity contribution is 0.122. The van der Waals surface area contributed by atoms with Crippen molar-refractivity contribution in [2.75, 3.05) is 49.3 Å². The molecule has 0 atom stereocenters. The number of anilines is 2. The minimum absolute atomic E-state index is 0.251. The highest BCUT2D eigenvalue weighted by Gasteiger charge is 2.21. The van der Waals surface area contributed by atoms with Crippen molar-refractivity contribution in [2.24, 2.45) is 0 Å². The number of nitrogens with one attached hydrogen (secondary N) is 2. The van der Waals surface area contributed by atoms with E-state index in [-0.39, 0.29) is 6.03 Å². The highest BCUT2D eigenvalue weighted by atomic mass is 32.2. The van der Waals surface area contributed by atoms with E-state index in [0.29, 0.717) is 55.4 Å². The van der Waals surface area contributed by atoms with Crippen LogP contribution in [0, 0.1) is 0 Å². The number of aromatic nitrogens is 3. The normalized spacial score (nSPS) is 14.3. The van der Waals surface area contributed by atoms with Crippen LogP contribution in [0.4, 0.5) is 16.3 Å². The molecule has 0 radical (unpaired) electrons. The molecule has 5 rings (SSSR count). The summed E-state index contributed by atoms with van der Waals surface area (Å²) in [6.07, 6.45) is 3.59. The van der Waals surface area contributed by atoms with Crippen LogP contribution in [0.1, 0.15) is 13.3 Å². The van der Waals surface area contributed by atoms with E-state index in [0.717, 1.165) is 28.6 Å². The number of urea groups is 1. The molecule has 2 aromatic carbocycles. The summed E-state index contributed by atoms with van der Waals surface area (Å²) in [4.78, 5) is 24.0. The number of carbonyl (C=O) groups excluding carboxylic acids is 1. The lowest BCUT2D eigenvalue weighted by Gasteiger charge is -2.29. The summed E-state index contributed by atoms with van der Waals surface area (Å²) in [6.45, 7) is 5.21. The first-order valence-corrected chi connectivity index (χ1v) is 13.7. The van der Waals surface area contributed by atoms with Crippen molar-refractivity contribution in [3.05, 3.63) is 48.7 Å². The van der Waals surface area contributed by atoms with Gasteiger partial charge in [-0.1, -0.05) is 6.92 Å². The summed E-state index contributed by atoms with van der Waals surface area (Å²) in [6, 6.07) is 12.6. The van der Waals surface area contributed by atoms with E-state index in [9.17, 15) is 13.2 Å². The van der Waals surface area contributed by atoms with E-state index in [1.54, 1.807) is 18.3 Å². The van der Waals surface area contributed by atoms with Crippen molar-refractivity contribution in [3.63, 3.8) is 0 Å². The Morgan fingerprint density at radius 3 is 2.47 bits per heavy atom. The highest BCUT2D eigenvalue weighted by molar-refractivity contribution is 7.89. The number of ether oxygens (including phenoxy) is 1. The monoisotopic (exact) mass is 508 g/mol. The predicted molar refractivity (Wildman–Crippen MR) is 141 cm³/mol. The van der Waals surface area contributed by atoms with Gasteiger partial charge in [0.15, 0.2) is 5.82 Å². The average Bonchev–Trinajstić information content (AvgIpc) is 3.33. The minimum atomic E-state index is -3.46. The number of carbonyl (C=O) groups is 1. The molecule has 2 aromatic heterocycles. The van der Waals surface area contributed by atoms with Gasteiger partial charge in [-0.05, 0) is 48.9 Å². The Bertz CT molecular complexity index is 1530. The number of hydrogen-bond acceptors (Lipinski definition) is 7. The van der Waals surface area contributed by atoms with Gasteiger partial charge in [0.2, 0.25) is 10.0 Å². The molecule has 11 heteroatoms. The van der Waals surface area contributed by atoms with E-state index in [1.807, 2.05) is 37.3 Å². The van der Waals surface area contributed by atoms with Gasteiger partial charge >= 0.3 is 6.03 Å². The molecule has 1 fully saturated rings. The van der Waals surface area contributed by atoms with Gasteiger partial charge in [0, 0.05) is 47.9 Å². The van der Waals surface area contributed by atoms with Crippen molar-refractivity contribution in [3.8, 4) is 11.4 Å². The van der Waals surface area contributed by atoms with Gasteiger partial charge in [-0.3, -0.25) is 0 Å². The van der Waals surface area contributed by atoms with E-state index >= 15 is 0 Å². The Hall–Kier alpha value is -3.70. The number of hydrogen-bond donors (Lipinski definition) is 2. The molecule has 4 aromatic rings. The number of benzene rings is 2. The molecule has 1 aliphatic heterocycles. The number of amides is 2. The van der Waals surface area contributed by atoms with E-state index in [4.69, 9.17) is 14.7 Å². The Morgan fingerprint density at radius 2 is 1.78 bits per heavy atom. The van der Waals surface area contributed by atoms with Crippen LogP contribution in [0.5, 0.6) is 0 Å². The van der Waals surface area contributed by atoms with Gasteiger partial charge in [0.1, 0.15) is 5.82 Å². The van der Waals surface area contributed by atoms with Crippen LogP contribution in [0.15, 0.2) is 48.7 Å². The molecule has 36 heavy (non-hydrogen) atoms. The fraction of sp³-hybridized carbons (Fsp3) is 0.320. The van der Waals surface area contributed by atoms with Gasteiger partial charge < -0.3 is 20.3 Å². The first kappa shape index (κ1) is 24.0.